The van der Waals surface area contributed by atoms with Crippen molar-refractivity contribution in [1.29, 1.82) is 0 Å². The summed E-state index contributed by atoms with van der Waals surface area (Å²) in [5.41, 5.74) is 5.72. The van der Waals surface area contributed by atoms with Crippen LogP contribution in [-0.2, 0) is 15.7 Å². The Balaban J connectivity index is 1.06. The van der Waals surface area contributed by atoms with Gasteiger partial charge in [-0.1, -0.05) is 12.8 Å². The Morgan fingerprint density at radius 1 is 1.17 bits per heavy atom. The predicted octanol–water partition coefficient (Wildman–Crippen LogP) is 3.71. The molecule has 1 aromatic heterocycles. The maximum atomic E-state index is 13.3. The minimum Gasteiger partial charge on any atom is -0.494 e. The molecule has 5 unspecified atom stereocenters. The lowest BCUT2D eigenvalue weighted by atomic mass is 9.71. The summed E-state index contributed by atoms with van der Waals surface area (Å²) in [6.07, 6.45) is 2.49. The second-order valence-electron chi connectivity index (χ2n) is 12.3. The number of aliphatic hydroxyl groups excluding tert-OH is 1. The predicted molar refractivity (Wildman–Crippen MR) is 151 cm³/mol. The van der Waals surface area contributed by atoms with Crippen molar-refractivity contribution in [1.82, 2.24) is 15.6 Å². The molecule has 0 saturated heterocycles. The summed E-state index contributed by atoms with van der Waals surface area (Å²) < 4.78 is 57.5. The van der Waals surface area contributed by atoms with E-state index in [2.05, 4.69) is 27.5 Å². The molecule has 3 saturated carbocycles. The van der Waals surface area contributed by atoms with E-state index in [0.717, 1.165) is 25.3 Å². The third-order valence-corrected chi connectivity index (χ3v) is 9.34. The molecule has 4 aliphatic rings. The number of nitrogens with one attached hydrogen (secondary N) is 2. The highest BCUT2D eigenvalue weighted by molar-refractivity contribution is 6.08. The molecule has 0 bridgehead atoms. The van der Waals surface area contributed by atoms with E-state index in [4.69, 9.17) is 19.9 Å². The summed E-state index contributed by atoms with van der Waals surface area (Å²) in [6, 6.07) is 5.36. The fourth-order valence-corrected chi connectivity index (χ4v) is 7.04. The van der Waals surface area contributed by atoms with E-state index in [1.165, 1.54) is 44.9 Å². The number of hydrogen-bond donors (Lipinski definition) is 4. The molecular formula is C30H40F3N5O4. The Kier molecular flexibility index (Phi) is 8.12. The summed E-state index contributed by atoms with van der Waals surface area (Å²) in [5.74, 6) is 0.840. The van der Waals surface area contributed by atoms with Gasteiger partial charge in [0, 0.05) is 30.1 Å². The van der Waals surface area contributed by atoms with Crippen LogP contribution in [0.1, 0.15) is 63.1 Å². The van der Waals surface area contributed by atoms with E-state index in [9.17, 15) is 18.3 Å². The molecule has 1 spiro atoms. The maximum Gasteiger partial charge on any atom is 0.433 e. The lowest BCUT2D eigenvalue weighted by Gasteiger charge is -2.38. The van der Waals surface area contributed by atoms with E-state index >= 15 is 0 Å². The van der Waals surface area contributed by atoms with E-state index in [1.54, 1.807) is 6.07 Å². The number of halogens is 3. The normalized spacial score (nSPS) is 30.7. The molecule has 12 heteroatoms. The SMILES string of the molecule is COc1ccc(C2=NC(C(O)NCC3CC4(C3)CC4OC(C)NC3CCCC3)C(CN)O2)c2ccc(C(F)(F)F)nc12. The van der Waals surface area contributed by atoms with Gasteiger partial charge < -0.3 is 25.1 Å². The van der Waals surface area contributed by atoms with Crippen molar-refractivity contribution in [2.75, 3.05) is 20.2 Å². The topological polar surface area (TPSA) is 123 Å². The van der Waals surface area contributed by atoms with E-state index < -0.39 is 30.2 Å². The van der Waals surface area contributed by atoms with Crippen molar-refractivity contribution in [3.8, 4) is 5.75 Å². The van der Waals surface area contributed by atoms with E-state index in [-0.39, 0.29) is 35.4 Å². The molecule has 5 N–H and O–H groups in total. The highest BCUT2D eigenvalue weighted by Crippen LogP contribution is 2.64. The third kappa shape index (κ3) is 5.84. The number of nitrogens with two attached hydrogens (primary N) is 1. The van der Waals surface area contributed by atoms with Crippen LogP contribution in [0, 0.1) is 11.3 Å². The summed E-state index contributed by atoms with van der Waals surface area (Å²) in [6.45, 7) is 2.86. The molecule has 0 radical (unpaired) electrons. The first-order valence-electron chi connectivity index (χ1n) is 14.9. The minimum absolute atomic E-state index is 0.0486. The quantitative estimate of drug-likeness (QED) is 0.292. The van der Waals surface area contributed by atoms with Crippen LogP contribution in [0.5, 0.6) is 5.75 Å². The number of aliphatic hydroxyl groups is 1. The van der Waals surface area contributed by atoms with Gasteiger partial charge in [-0.3, -0.25) is 10.6 Å². The van der Waals surface area contributed by atoms with Crippen molar-refractivity contribution < 1.29 is 32.5 Å². The molecule has 5 atom stereocenters. The number of nitrogens with zero attached hydrogens (tertiary/aromatic N) is 2. The van der Waals surface area contributed by atoms with Crippen LogP contribution in [-0.4, -0.2) is 72.9 Å². The molecule has 42 heavy (non-hydrogen) atoms. The van der Waals surface area contributed by atoms with Gasteiger partial charge in [0.2, 0.25) is 5.90 Å². The fourth-order valence-electron chi connectivity index (χ4n) is 7.04. The van der Waals surface area contributed by atoms with Gasteiger partial charge in [-0.05, 0) is 74.6 Å². The maximum absolute atomic E-state index is 13.3. The Hall–Kier alpha value is -2.51. The summed E-state index contributed by atoms with van der Waals surface area (Å²) >= 11 is 0. The van der Waals surface area contributed by atoms with Crippen molar-refractivity contribution >= 4 is 16.8 Å². The summed E-state index contributed by atoms with van der Waals surface area (Å²) in [5, 5.41) is 18.2. The zero-order valence-electron chi connectivity index (χ0n) is 24.0. The average Bonchev–Trinajstić information content (AvgIpc) is 3.26. The highest BCUT2D eigenvalue weighted by atomic mass is 19.4. The molecule has 1 aliphatic heterocycles. The molecular weight excluding hydrogens is 551 g/mol. The molecule has 3 aliphatic carbocycles. The van der Waals surface area contributed by atoms with Crippen LogP contribution in [0.3, 0.4) is 0 Å². The van der Waals surface area contributed by atoms with Gasteiger partial charge in [0.1, 0.15) is 41.6 Å². The molecule has 0 amide bonds. The number of aromatic nitrogens is 1. The van der Waals surface area contributed by atoms with Crippen molar-refractivity contribution in [3.05, 3.63) is 35.5 Å². The van der Waals surface area contributed by atoms with Gasteiger partial charge in [-0.15, -0.1) is 0 Å². The highest BCUT2D eigenvalue weighted by Gasteiger charge is 2.62. The van der Waals surface area contributed by atoms with E-state index in [1.807, 2.05) is 0 Å². The van der Waals surface area contributed by atoms with Crippen LogP contribution in [0.2, 0.25) is 0 Å². The number of alkyl halides is 3. The zero-order chi connectivity index (χ0) is 29.6. The van der Waals surface area contributed by atoms with Crippen LogP contribution in [0.25, 0.3) is 10.9 Å². The average molecular weight is 592 g/mol. The van der Waals surface area contributed by atoms with Gasteiger partial charge in [-0.25, -0.2) is 9.98 Å². The monoisotopic (exact) mass is 591 g/mol. The molecule has 6 rings (SSSR count). The first-order chi connectivity index (χ1) is 20.1. The van der Waals surface area contributed by atoms with Gasteiger partial charge in [0.05, 0.1) is 13.2 Å². The van der Waals surface area contributed by atoms with Gasteiger partial charge in [0.15, 0.2) is 0 Å². The third-order valence-electron chi connectivity index (χ3n) is 9.34. The fraction of sp³-hybridized carbons (Fsp3) is 0.667. The van der Waals surface area contributed by atoms with Gasteiger partial charge >= 0.3 is 6.18 Å². The Morgan fingerprint density at radius 3 is 2.62 bits per heavy atom. The van der Waals surface area contributed by atoms with Crippen LogP contribution in [0.4, 0.5) is 13.2 Å². The number of benzene rings is 1. The van der Waals surface area contributed by atoms with Crippen LogP contribution < -0.4 is 21.1 Å². The molecule has 2 heterocycles. The van der Waals surface area contributed by atoms with Gasteiger partial charge in [0.25, 0.3) is 0 Å². The lowest BCUT2D eigenvalue weighted by Crippen LogP contribution is -2.49. The number of fused-ring (bicyclic) bond motifs is 1. The number of pyridine rings is 1. The number of aliphatic imine (C=N–C) groups is 1. The first-order valence-corrected chi connectivity index (χ1v) is 14.9. The first kappa shape index (κ1) is 29.6. The Morgan fingerprint density at radius 2 is 1.93 bits per heavy atom. The smallest absolute Gasteiger partial charge is 0.433 e. The van der Waals surface area contributed by atoms with Gasteiger partial charge in [-0.2, -0.15) is 13.2 Å². The summed E-state index contributed by atoms with van der Waals surface area (Å²) in [7, 11) is 1.37. The summed E-state index contributed by atoms with van der Waals surface area (Å²) in [4.78, 5) is 8.43. The van der Waals surface area contributed by atoms with Crippen LogP contribution >= 0.6 is 0 Å². The zero-order valence-corrected chi connectivity index (χ0v) is 24.0. The Bertz CT molecular complexity index is 1310. The second kappa shape index (κ2) is 11.5. The molecule has 9 nitrogen and oxygen atoms in total. The number of hydrogen-bond acceptors (Lipinski definition) is 9. The Labute approximate surface area is 243 Å². The second-order valence-corrected chi connectivity index (χ2v) is 12.3. The number of methoxy groups -OCH3 is 1. The molecule has 3 fully saturated rings. The van der Waals surface area contributed by atoms with Crippen molar-refractivity contribution in [2.24, 2.45) is 22.1 Å². The van der Waals surface area contributed by atoms with E-state index in [0.29, 0.717) is 35.6 Å². The van der Waals surface area contributed by atoms with Crippen LogP contribution in [0.15, 0.2) is 29.3 Å². The molecule has 1 aromatic carbocycles. The molecule has 230 valence electrons. The lowest BCUT2D eigenvalue weighted by molar-refractivity contribution is -0.140. The largest absolute Gasteiger partial charge is 0.494 e. The van der Waals surface area contributed by atoms with Crippen molar-refractivity contribution in [3.63, 3.8) is 0 Å². The number of rotatable bonds is 11. The molecule has 2 aromatic rings. The standard InChI is InChI=1S/C30H40F3N5O4/c1-16(36-18-5-3-4-6-18)41-24-13-29(24)11-17(12-29)15-35-27(39)26-22(14-34)42-28(38-26)20-7-9-21(40-2)25-19(20)8-10-23(37-25)30(31,32)33/h7-10,16-18,22,24,26-27,35-36,39H,3-6,11-15,34H2,1-2H3. The number of ether oxygens (including phenoxy) is 3. The van der Waals surface area contributed by atoms with Crippen molar-refractivity contribution in [2.45, 2.75) is 94.8 Å². The minimum atomic E-state index is -4.60.